The van der Waals surface area contributed by atoms with Crippen molar-refractivity contribution in [2.24, 2.45) is 0 Å². The molecule has 142 valence electrons. The monoisotopic (exact) mass is 394 g/mol. The first kappa shape index (κ1) is 20.2. The van der Waals surface area contributed by atoms with Gasteiger partial charge in [-0.25, -0.2) is 0 Å². The average molecular weight is 394 g/mol. The van der Waals surface area contributed by atoms with Gasteiger partial charge >= 0.3 is 11.7 Å². The summed E-state index contributed by atoms with van der Waals surface area (Å²) in [5, 5.41) is 14.8. The first-order valence-corrected chi connectivity index (χ1v) is 8.67. The molecule has 0 bridgehead atoms. The van der Waals surface area contributed by atoms with Crippen molar-refractivity contribution in [3.05, 3.63) is 56.5 Å². The number of ketones is 1. The largest absolute Gasteiger partial charge is 0.453 e. The molecular weight excluding hydrogens is 379 g/mol. The van der Waals surface area contributed by atoms with Crippen LogP contribution in [0.2, 0.25) is 0 Å². The molecule has 0 saturated carbocycles. The predicted molar refractivity (Wildman–Crippen MR) is 95.1 cm³/mol. The van der Waals surface area contributed by atoms with Crippen LogP contribution < -0.4 is 5.32 Å². The molecule has 1 amide bonds. The lowest BCUT2D eigenvalue weighted by Crippen LogP contribution is -2.30. The number of benzene rings is 1. The van der Waals surface area contributed by atoms with Gasteiger partial charge in [-0.1, -0.05) is 6.07 Å². The van der Waals surface area contributed by atoms with Crippen molar-refractivity contribution in [3.63, 3.8) is 0 Å². The number of esters is 1. The number of hydrogen-bond acceptors (Lipinski definition) is 7. The third kappa shape index (κ3) is 5.68. The number of hydrogen-bond donors (Lipinski definition) is 1. The molecule has 0 aliphatic rings. The van der Waals surface area contributed by atoms with Crippen LogP contribution in [-0.4, -0.2) is 28.7 Å². The Kier molecular flexibility index (Phi) is 6.72. The molecule has 1 atom stereocenters. The maximum atomic E-state index is 13.3. The summed E-state index contributed by atoms with van der Waals surface area (Å²) < 4.78 is 18.2. The summed E-state index contributed by atoms with van der Waals surface area (Å²) in [6.45, 7) is 1.31. The number of nitro benzene ring substituents is 1. The van der Waals surface area contributed by atoms with Gasteiger partial charge in [-0.05, 0) is 30.5 Å². The number of carbonyl (C=O) groups excluding carboxylic acids is 3. The third-order valence-electron chi connectivity index (χ3n) is 3.44. The molecule has 2 rings (SSSR count). The smallest absolute Gasteiger partial charge is 0.307 e. The molecule has 1 aromatic carbocycles. The summed E-state index contributed by atoms with van der Waals surface area (Å²) in [6.07, 6.45) is -1.42. The summed E-state index contributed by atoms with van der Waals surface area (Å²) in [5.74, 6) is -2.70. The van der Waals surface area contributed by atoms with E-state index in [0.717, 1.165) is 18.2 Å². The van der Waals surface area contributed by atoms with E-state index < -0.39 is 34.4 Å². The van der Waals surface area contributed by atoms with E-state index in [1.165, 1.54) is 18.3 Å². The van der Waals surface area contributed by atoms with Crippen LogP contribution in [0.25, 0.3) is 0 Å². The van der Waals surface area contributed by atoms with Crippen LogP contribution in [0.15, 0.2) is 35.7 Å². The van der Waals surface area contributed by atoms with Crippen molar-refractivity contribution in [1.82, 2.24) is 0 Å². The molecular formula is C17H15FN2O6S. The lowest BCUT2D eigenvalue weighted by atomic mass is 10.2. The highest BCUT2D eigenvalue weighted by Gasteiger charge is 2.21. The van der Waals surface area contributed by atoms with Crippen LogP contribution in [0.1, 0.15) is 29.4 Å². The first-order chi connectivity index (χ1) is 12.8. The highest BCUT2D eigenvalue weighted by atomic mass is 32.1. The fraction of sp³-hybridized carbons (Fsp3) is 0.235. The van der Waals surface area contributed by atoms with Gasteiger partial charge in [-0.3, -0.25) is 24.5 Å². The van der Waals surface area contributed by atoms with Crippen LogP contribution in [-0.2, 0) is 14.3 Å². The normalized spacial score (nSPS) is 11.5. The number of nitrogens with zero attached hydrogens (tertiary/aromatic N) is 1. The van der Waals surface area contributed by atoms with Gasteiger partial charge in [0.15, 0.2) is 11.9 Å². The second-order valence-electron chi connectivity index (χ2n) is 5.45. The predicted octanol–water partition coefficient (Wildman–Crippen LogP) is 3.33. The van der Waals surface area contributed by atoms with E-state index >= 15 is 0 Å². The zero-order valence-corrected chi connectivity index (χ0v) is 15.0. The average Bonchev–Trinajstić information content (AvgIpc) is 3.15. The maximum Gasteiger partial charge on any atom is 0.307 e. The molecule has 0 radical (unpaired) electrons. The molecule has 1 unspecified atom stereocenters. The SMILES string of the molecule is CC(OC(=O)CCC(=O)c1cccs1)C(=O)Nc1ccc(F)c([N+](=O)[O-])c1. The summed E-state index contributed by atoms with van der Waals surface area (Å²) >= 11 is 1.27. The van der Waals surface area contributed by atoms with Gasteiger partial charge in [0.2, 0.25) is 5.82 Å². The highest BCUT2D eigenvalue weighted by Crippen LogP contribution is 2.22. The van der Waals surface area contributed by atoms with Crippen LogP contribution in [0.4, 0.5) is 15.8 Å². The van der Waals surface area contributed by atoms with Crippen molar-refractivity contribution < 1.29 is 28.4 Å². The minimum Gasteiger partial charge on any atom is -0.453 e. The molecule has 1 N–H and O–H groups in total. The van der Waals surface area contributed by atoms with Crippen LogP contribution in [0, 0.1) is 15.9 Å². The van der Waals surface area contributed by atoms with Gasteiger partial charge in [0.25, 0.3) is 5.91 Å². The third-order valence-corrected chi connectivity index (χ3v) is 4.35. The Balaban J connectivity index is 1.86. The zero-order chi connectivity index (χ0) is 20.0. The molecule has 27 heavy (non-hydrogen) atoms. The molecule has 0 aliphatic carbocycles. The van der Waals surface area contributed by atoms with Crippen molar-refractivity contribution >= 4 is 40.4 Å². The van der Waals surface area contributed by atoms with Gasteiger partial charge < -0.3 is 10.1 Å². The number of anilines is 1. The lowest BCUT2D eigenvalue weighted by Gasteiger charge is -2.13. The molecule has 2 aromatic rings. The minimum absolute atomic E-state index is 0.0103. The number of nitrogens with one attached hydrogen (secondary N) is 1. The standard InChI is InChI=1S/C17H15FN2O6S/c1-10(26-16(22)7-6-14(21)15-3-2-8-27-15)17(23)19-11-4-5-12(18)13(9-11)20(24)25/h2-5,8-10H,6-7H2,1H3,(H,19,23). The van der Waals surface area contributed by atoms with E-state index in [9.17, 15) is 28.9 Å². The van der Waals surface area contributed by atoms with Crippen LogP contribution in [0.5, 0.6) is 0 Å². The van der Waals surface area contributed by atoms with E-state index in [2.05, 4.69) is 5.32 Å². The lowest BCUT2D eigenvalue weighted by molar-refractivity contribution is -0.387. The molecule has 0 saturated heterocycles. The summed E-state index contributed by atoms with van der Waals surface area (Å²) in [4.78, 5) is 46.0. The highest BCUT2D eigenvalue weighted by molar-refractivity contribution is 7.12. The number of carbonyl (C=O) groups is 3. The Morgan fingerprint density at radius 1 is 1.30 bits per heavy atom. The number of rotatable bonds is 8. The van der Waals surface area contributed by atoms with E-state index in [1.54, 1.807) is 17.5 Å². The quantitative estimate of drug-likeness (QED) is 0.318. The number of amides is 1. The molecule has 0 aliphatic heterocycles. The van der Waals surface area contributed by atoms with Crippen LogP contribution >= 0.6 is 11.3 Å². The van der Waals surface area contributed by atoms with Crippen LogP contribution in [0.3, 0.4) is 0 Å². The van der Waals surface area contributed by atoms with E-state index in [-0.39, 0.29) is 24.3 Å². The summed E-state index contributed by atoms with van der Waals surface area (Å²) in [7, 11) is 0. The number of thiophene rings is 1. The Hall–Kier alpha value is -3.14. The number of Topliss-reactive ketones (excluding diaryl/α,β-unsaturated/α-hetero) is 1. The maximum absolute atomic E-state index is 13.3. The topological polar surface area (TPSA) is 116 Å². The van der Waals surface area contributed by atoms with Gasteiger partial charge in [-0.2, -0.15) is 4.39 Å². The molecule has 1 heterocycles. The van der Waals surface area contributed by atoms with Crippen molar-refractivity contribution in [3.8, 4) is 0 Å². The fourth-order valence-electron chi connectivity index (χ4n) is 2.06. The number of nitro groups is 1. The van der Waals surface area contributed by atoms with Crippen molar-refractivity contribution in [2.45, 2.75) is 25.9 Å². The van der Waals surface area contributed by atoms with E-state index in [1.807, 2.05) is 0 Å². The zero-order valence-electron chi connectivity index (χ0n) is 14.1. The summed E-state index contributed by atoms with van der Waals surface area (Å²) in [6, 6.07) is 6.23. The molecule has 1 aromatic heterocycles. The Labute approximate surface area is 157 Å². The molecule has 10 heteroatoms. The van der Waals surface area contributed by atoms with Gasteiger partial charge in [0.05, 0.1) is 16.2 Å². The molecule has 0 spiro atoms. The fourth-order valence-corrected chi connectivity index (χ4v) is 2.75. The second kappa shape index (κ2) is 8.99. The number of ether oxygens (including phenoxy) is 1. The van der Waals surface area contributed by atoms with E-state index in [4.69, 9.17) is 4.74 Å². The summed E-state index contributed by atoms with van der Waals surface area (Å²) in [5.41, 5.74) is -0.798. The number of halogens is 1. The molecule has 8 nitrogen and oxygen atoms in total. The van der Waals surface area contributed by atoms with Crippen molar-refractivity contribution in [1.29, 1.82) is 0 Å². The Morgan fingerprint density at radius 2 is 2.04 bits per heavy atom. The second-order valence-corrected chi connectivity index (χ2v) is 6.39. The Bertz CT molecular complexity index is 868. The minimum atomic E-state index is -1.20. The van der Waals surface area contributed by atoms with Gasteiger partial charge in [0, 0.05) is 18.2 Å². The first-order valence-electron chi connectivity index (χ1n) is 7.79. The van der Waals surface area contributed by atoms with Crippen molar-refractivity contribution in [2.75, 3.05) is 5.32 Å². The van der Waals surface area contributed by atoms with Gasteiger partial charge in [-0.15, -0.1) is 11.3 Å². The van der Waals surface area contributed by atoms with E-state index in [0.29, 0.717) is 4.88 Å². The Morgan fingerprint density at radius 3 is 2.67 bits per heavy atom. The van der Waals surface area contributed by atoms with Gasteiger partial charge in [0.1, 0.15) is 0 Å². The molecule has 0 fully saturated rings.